The first-order valence-electron chi connectivity index (χ1n) is 6.62. The van der Waals surface area contributed by atoms with Crippen molar-refractivity contribution in [2.45, 2.75) is 20.3 Å². The third-order valence-electron chi connectivity index (χ3n) is 2.93. The fourth-order valence-corrected chi connectivity index (χ4v) is 1.81. The molecule has 2 aromatic rings. The first-order chi connectivity index (χ1) is 9.99. The monoisotopic (exact) mass is 292 g/mol. The minimum absolute atomic E-state index is 0.0469. The Labute approximate surface area is 121 Å². The van der Waals surface area contributed by atoms with Gasteiger partial charge in [-0.25, -0.2) is 4.39 Å². The lowest BCUT2D eigenvalue weighted by molar-refractivity contribution is 0.0996. The Balaban J connectivity index is 2.35. The lowest BCUT2D eigenvalue weighted by atomic mass is 10.1. The van der Waals surface area contributed by atoms with Crippen LogP contribution in [0.2, 0.25) is 0 Å². The van der Waals surface area contributed by atoms with E-state index in [1.54, 1.807) is 0 Å². The molecule has 0 aliphatic heterocycles. The van der Waals surface area contributed by atoms with Crippen molar-refractivity contribution in [2.24, 2.45) is 11.7 Å². The number of rotatable bonds is 6. The number of nitrogens with one attached hydrogen (secondary N) is 1. The number of halogens is 1. The average Bonchev–Trinajstić information content (AvgIpc) is 2.89. The smallest absolute Gasteiger partial charge is 0.271 e. The van der Waals surface area contributed by atoms with Crippen LogP contribution >= 0.6 is 0 Å². The quantitative estimate of drug-likeness (QED) is 0.852. The van der Waals surface area contributed by atoms with Gasteiger partial charge in [-0.3, -0.25) is 4.79 Å². The molecule has 0 fully saturated rings. The number of nitrogens with zero attached hydrogens (tertiary/aromatic N) is 2. The maximum Gasteiger partial charge on any atom is 0.271 e. The number of nitrogens with two attached hydrogens (primary N) is 1. The molecule has 2 rings (SSSR count). The second kappa shape index (κ2) is 6.34. The van der Waals surface area contributed by atoms with E-state index in [1.807, 2.05) is 0 Å². The van der Waals surface area contributed by atoms with Crippen LogP contribution in [0, 0.1) is 11.7 Å². The van der Waals surface area contributed by atoms with Crippen molar-refractivity contribution in [3.8, 4) is 17.0 Å². The van der Waals surface area contributed by atoms with Crippen molar-refractivity contribution < 1.29 is 13.9 Å². The Bertz CT molecular complexity index is 640. The van der Waals surface area contributed by atoms with Gasteiger partial charge in [-0.15, -0.1) is 0 Å². The Hall–Kier alpha value is -2.44. The molecular formula is C14H17FN4O2. The number of amides is 1. The molecule has 0 spiro atoms. The van der Waals surface area contributed by atoms with Gasteiger partial charge in [-0.05, 0) is 30.5 Å². The fraction of sp³-hybridized carbons (Fsp3) is 0.357. The molecule has 0 atom stereocenters. The molecule has 0 aliphatic carbocycles. The van der Waals surface area contributed by atoms with Crippen molar-refractivity contribution >= 4 is 5.91 Å². The number of hydrogen-bond acceptors (Lipinski definition) is 4. The minimum atomic E-state index is -0.740. The van der Waals surface area contributed by atoms with Crippen LogP contribution in [0.4, 0.5) is 4.39 Å². The van der Waals surface area contributed by atoms with Gasteiger partial charge in [0.2, 0.25) is 0 Å². The molecule has 0 radical (unpaired) electrons. The molecule has 1 amide bonds. The lowest BCUT2D eigenvalue weighted by Crippen LogP contribution is -2.13. The van der Waals surface area contributed by atoms with E-state index in [-0.39, 0.29) is 11.4 Å². The first-order valence-corrected chi connectivity index (χ1v) is 6.62. The summed E-state index contributed by atoms with van der Waals surface area (Å²) in [5, 5.41) is 9.87. The van der Waals surface area contributed by atoms with Gasteiger partial charge in [0.1, 0.15) is 17.3 Å². The maximum atomic E-state index is 13.5. The summed E-state index contributed by atoms with van der Waals surface area (Å²) < 4.78 is 19.2. The molecule has 21 heavy (non-hydrogen) atoms. The third-order valence-corrected chi connectivity index (χ3v) is 2.93. The van der Waals surface area contributed by atoms with Gasteiger partial charge in [-0.1, -0.05) is 13.8 Å². The first kappa shape index (κ1) is 15.0. The van der Waals surface area contributed by atoms with Crippen molar-refractivity contribution in [3.05, 3.63) is 29.7 Å². The molecule has 1 aromatic carbocycles. The van der Waals surface area contributed by atoms with Crippen LogP contribution in [0.3, 0.4) is 0 Å². The zero-order chi connectivity index (χ0) is 15.4. The van der Waals surface area contributed by atoms with Gasteiger partial charge in [0, 0.05) is 5.56 Å². The summed E-state index contributed by atoms with van der Waals surface area (Å²) in [6, 6.07) is 4.04. The topological polar surface area (TPSA) is 93.9 Å². The van der Waals surface area contributed by atoms with Gasteiger partial charge < -0.3 is 10.5 Å². The van der Waals surface area contributed by atoms with Crippen LogP contribution in [-0.4, -0.2) is 27.9 Å². The van der Waals surface area contributed by atoms with Crippen LogP contribution in [0.15, 0.2) is 18.2 Å². The second-order valence-corrected chi connectivity index (χ2v) is 5.06. The van der Waals surface area contributed by atoms with Crippen LogP contribution in [0.5, 0.6) is 5.75 Å². The molecule has 0 saturated heterocycles. The molecule has 1 heterocycles. The van der Waals surface area contributed by atoms with Crippen molar-refractivity contribution in [1.82, 2.24) is 15.4 Å². The third kappa shape index (κ3) is 3.56. The van der Waals surface area contributed by atoms with E-state index in [0.717, 1.165) is 6.42 Å². The van der Waals surface area contributed by atoms with Crippen LogP contribution in [0.1, 0.15) is 30.8 Å². The molecular weight excluding hydrogens is 275 g/mol. The largest absolute Gasteiger partial charge is 0.493 e. The number of H-pyrrole nitrogens is 1. The number of primary amides is 1. The van der Waals surface area contributed by atoms with E-state index >= 15 is 0 Å². The molecule has 0 saturated carbocycles. The number of ether oxygens (including phenoxy) is 1. The molecule has 6 nitrogen and oxygen atoms in total. The molecule has 0 bridgehead atoms. The van der Waals surface area contributed by atoms with Gasteiger partial charge in [-0.2, -0.15) is 15.4 Å². The number of benzene rings is 1. The Morgan fingerprint density at radius 2 is 2.19 bits per heavy atom. The SMILES string of the molecule is CC(C)CCOc1ccc(F)cc1-c1n[nH]nc1C(N)=O. The van der Waals surface area contributed by atoms with Crippen LogP contribution in [0.25, 0.3) is 11.3 Å². The standard InChI is InChI=1S/C14H17FN4O2/c1-8(2)5-6-21-11-4-3-9(15)7-10(11)12-13(14(16)20)18-19-17-12/h3-4,7-8H,5-6H2,1-2H3,(H2,16,20)(H,17,18,19). The van der Waals surface area contributed by atoms with Crippen molar-refractivity contribution in [1.29, 1.82) is 0 Å². The van der Waals surface area contributed by atoms with Gasteiger partial charge in [0.25, 0.3) is 5.91 Å². The molecule has 112 valence electrons. The number of carbonyl (C=O) groups excluding carboxylic acids is 1. The predicted molar refractivity (Wildman–Crippen MR) is 75.2 cm³/mol. The highest BCUT2D eigenvalue weighted by Crippen LogP contribution is 2.31. The van der Waals surface area contributed by atoms with E-state index in [4.69, 9.17) is 10.5 Å². The summed E-state index contributed by atoms with van der Waals surface area (Å²) in [4.78, 5) is 11.3. The zero-order valence-electron chi connectivity index (χ0n) is 11.9. The Morgan fingerprint density at radius 1 is 1.43 bits per heavy atom. The van der Waals surface area contributed by atoms with Crippen LogP contribution < -0.4 is 10.5 Å². The summed E-state index contributed by atoms with van der Waals surface area (Å²) in [5.74, 6) is -0.272. The number of carbonyl (C=O) groups is 1. The average molecular weight is 292 g/mol. The summed E-state index contributed by atoms with van der Waals surface area (Å²) in [5.41, 5.74) is 5.71. The molecule has 1 aromatic heterocycles. The van der Waals surface area contributed by atoms with E-state index in [0.29, 0.717) is 23.8 Å². The predicted octanol–water partition coefficient (Wildman–Crippen LogP) is 2.13. The number of hydrogen-bond donors (Lipinski definition) is 2. The molecule has 0 aliphatic rings. The summed E-state index contributed by atoms with van der Waals surface area (Å²) >= 11 is 0. The number of aromatic amines is 1. The molecule has 7 heteroatoms. The number of aromatic nitrogens is 3. The summed E-state index contributed by atoms with van der Waals surface area (Å²) in [7, 11) is 0. The maximum absolute atomic E-state index is 13.5. The second-order valence-electron chi connectivity index (χ2n) is 5.06. The molecule has 0 unspecified atom stereocenters. The molecule has 3 N–H and O–H groups in total. The highest BCUT2D eigenvalue weighted by atomic mass is 19.1. The van der Waals surface area contributed by atoms with Gasteiger partial charge >= 0.3 is 0 Å². The highest BCUT2D eigenvalue weighted by Gasteiger charge is 2.19. The van der Waals surface area contributed by atoms with Crippen molar-refractivity contribution in [3.63, 3.8) is 0 Å². The normalized spacial score (nSPS) is 10.9. The van der Waals surface area contributed by atoms with E-state index < -0.39 is 11.7 Å². The van der Waals surface area contributed by atoms with Crippen molar-refractivity contribution in [2.75, 3.05) is 6.61 Å². The fourth-order valence-electron chi connectivity index (χ4n) is 1.81. The summed E-state index contributed by atoms with van der Waals surface area (Å²) in [6.45, 7) is 4.65. The highest BCUT2D eigenvalue weighted by molar-refractivity contribution is 5.97. The van der Waals surface area contributed by atoms with E-state index in [2.05, 4.69) is 29.3 Å². The van der Waals surface area contributed by atoms with Gasteiger partial charge in [0.05, 0.1) is 6.61 Å². The van der Waals surface area contributed by atoms with E-state index in [9.17, 15) is 9.18 Å². The zero-order valence-corrected chi connectivity index (χ0v) is 11.9. The summed E-state index contributed by atoms with van der Waals surface area (Å²) in [6.07, 6.45) is 0.859. The van der Waals surface area contributed by atoms with Gasteiger partial charge in [0.15, 0.2) is 5.69 Å². The van der Waals surface area contributed by atoms with E-state index in [1.165, 1.54) is 18.2 Å². The lowest BCUT2D eigenvalue weighted by Gasteiger charge is -2.11. The Kier molecular flexibility index (Phi) is 4.52. The minimum Gasteiger partial charge on any atom is -0.493 e. The van der Waals surface area contributed by atoms with Crippen LogP contribution in [-0.2, 0) is 0 Å². The Morgan fingerprint density at radius 3 is 2.86 bits per heavy atom.